The predicted octanol–water partition coefficient (Wildman–Crippen LogP) is 4.24. The fourth-order valence-corrected chi connectivity index (χ4v) is 2.46. The summed E-state index contributed by atoms with van der Waals surface area (Å²) in [4.78, 5) is 0. The highest BCUT2D eigenvalue weighted by Gasteiger charge is 1.98. The quantitative estimate of drug-likeness (QED) is 0.760. The van der Waals surface area contributed by atoms with Crippen LogP contribution in [0.4, 0.5) is 0 Å². The van der Waals surface area contributed by atoms with E-state index >= 15 is 0 Å². The minimum atomic E-state index is 0.683. The van der Waals surface area contributed by atoms with Crippen molar-refractivity contribution in [3.8, 4) is 0 Å². The monoisotopic (exact) mass is 352 g/mol. The zero-order chi connectivity index (χ0) is 15.8. The molecule has 5 heteroatoms. The SMILES string of the molecule is S=C(NCCc1ccc(Cl)cc1)NCCc1ccc(Cl)cc1. The van der Waals surface area contributed by atoms with Crippen LogP contribution in [0.2, 0.25) is 10.0 Å². The highest BCUT2D eigenvalue weighted by Crippen LogP contribution is 2.10. The van der Waals surface area contributed by atoms with E-state index in [0.29, 0.717) is 5.11 Å². The first-order chi connectivity index (χ1) is 10.6. The van der Waals surface area contributed by atoms with Gasteiger partial charge in [-0.1, -0.05) is 47.5 Å². The number of hydrogen-bond donors (Lipinski definition) is 2. The van der Waals surface area contributed by atoms with Crippen molar-refractivity contribution in [2.75, 3.05) is 13.1 Å². The smallest absolute Gasteiger partial charge is 0.166 e. The molecule has 0 bridgehead atoms. The lowest BCUT2D eigenvalue weighted by atomic mass is 10.1. The molecule has 0 aliphatic rings. The van der Waals surface area contributed by atoms with Gasteiger partial charge in [-0.2, -0.15) is 0 Å². The van der Waals surface area contributed by atoms with Crippen LogP contribution in [0.25, 0.3) is 0 Å². The zero-order valence-electron chi connectivity index (χ0n) is 12.1. The molecule has 2 rings (SSSR count). The first-order valence-corrected chi connectivity index (χ1v) is 8.30. The Labute approximate surface area is 146 Å². The van der Waals surface area contributed by atoms with Gasteiger partial charge in [-0.05, 0) is 60.5 Å². The molecule has 0 atom stereocenters. The van der Waals surface area contributed by atoms with E-state index in [2.05, 4.69) is 10.6 Å². The normalized spacial score (nSPS) is 10.3. The molecule has 2 nitrogen and oxygen atoms in total. The molecule has 0 amide bonds. The van der Waals surface area contributed by atoms with Crippen LogP contribution < -0.4 is 10.6 Å². The first-order valence-electron chi connectivity index (χ1n) is 7.14. The summed E-state index contributed by atoms with van der Waals surface area (Å²) >= 11 is 17.0. The Morgan fingerprint density at radius 2 is 1.09 bits per heavy atom. The van der Waals surface area contributed by atoms with Gasteiger partial charge in [0.05, 0.1) is 0 Å². The van der Waals surface area contributed by atoms with Crippen LogP contribution in [0.1, 0.15) is 11.1 Å². The van der Waals surface area contributed by atoms with Crippen molar-refractivity contribution in [3.63, 3.8) is 0 Å². The van der Waals surface area contributed by atoms with E-state index in [0.717, 1.165) is 36.0 Å². The molecule has 0 fully saturated rings. The Hall–Kier alpha value is -1.29. The van der Waals surface area contributed by atoms with Gasteiger partial charge in [0.25, 0.3) is 0 Å². The molecule has 2 aromatic rings. The van der Waals surface area contributed by atoms with Crippen molar-refractivity contribution >= 4 is 40.5 Å². The molecular formula is C17H18Cl2N2S. The van der Waals surface area contributed by atoms with Crippen molar-refractivity contribution in [1.29, 1.82) is 0 Å². The summed E-state index contributed by atoms with van der Waals surface area (Å²) in [5.74, 6) is 0. The van der Waals surface area contributed by atoms with Crippen molar-refractivity contribution in [2.24, 2.45) is 0 Å². The molecule has 0 spiro atoms. The van der Waals surface area contributed by atoms with Gasteiger partial charge in [0.15, 0.2) is 5.11 Å². The molecule has 0 heterocycles. The number of benzene rings is 2. The number of rotatable bonds is 6. The van der Waals surface area contributed by atoms with E-state index in [-0.39, 0.29) is 0 Å². The molecule has 0 aliphatic carbocycles. The highest BCUT2D eigenvalue weighted by atomic mass is 35.5. The van der Waals surface area contributed by atoms with Crippen LogP contribution in [-0.4, -0.2) is 18.2 Å². The molecule has 0 saturated heterocycles. The standard InChI is InChI=1S/C17H18Cl2N2S/c18-15-5-1-13(2-6-15)9-11-20-17(22)21-12-10-14-3-7-16(19)8-4-14/h1-8H,9-12H2,(H2,20,21,22). The molecule has 0 aliphatic heterocycles. The Morgan fingerprint density at radius 1 is 0.727 bits per heavy atom. The second-order valence-corrected chi connectivity index (χ2v) is 6.22. The minimum Gasteiger partial charge on any atom is -0.362 e. The largest absolute Gasteiger partial charge is 0.362 e. The third-order valence-electron chi connectivity index (χ3n) is 3.22. The Kier molecular flexibility index (Phi) is 6.97. The van der Waals surface area contributed by atoms with Crippen LogP contribution >= 0.6 is 35.4 Å². The number of nitrogens with one attached hydrogen (secondary N) is 2. The van der Waals surface area contributed by atoms with E-state index in [4.69, 9.17) is 35.4 Å². The van der Waals surface area contributed by atoms with Gasteiger partial charge < -0.3 is 10.6 Å². The topological polar surface area (TPSA) is 24.1 Å². The zero-order valence-corrected chi connectivity index (χ0v) is 14.4. The average Bonchev–Trinajstić information content (AvgIpc) is 2.51. The van der Waals surface area contributed by atoms with Gasteiger partial charge >= 0.3 is 0 Å². The summed E-state index contributed by atoms with van der Waals surface area (Å²) in [6.45, 7) is 1.60. The molecule has 0 radical (unpaired) electrons. The third-order valence-corrected chi connectivity index (χ3v) is 4.02. The Balaban J connectivity index is 1.61. The van der Waals surface area contributed by atoms with E-state index < -0.39 is 0 Å². The summed E-state index contributed by atoms with van der Waals surface area (Å²) in [5.41, 5.74) is 2.47. The molecule has 2 aromatic carbocycles. The molecule has 2 N–H and O–H groups in total. The lowest BCUT2D eigenvalue weighted by Crippen LogP contribution is -2.37. The van der Waals surface area contributed by atoms with Crippen LogP contribution in [-0.2, 0) is 12.8 Å². The fourth-order valence-electron chi connectivity index (χ4n) is 2.01. The number of halogens is 2. The first kappa shape index (κ1) is 17.1. The van der Waals surface area contributed by atoms with E-state index in [1.165, 1.54) is 11.1 Å². The summed E-state index contributed by atoms with van der Waals surface area (Å²) in [7, 11) is 0. The van der Waals surface area contributed by atoms with Crippen molar-refractivity contribution in [3.05, 3.63) is 69.7 Å². The van der Waals surface area contributed by atoms with E-state index in [1.807, 2.05) is 48.5 Å². The van der Waals surface area contributed by atoms with E-state index in [9.17, 15) is 0 Å². The van der Waals surface area contributed by atoms with Crippen LogP contribution in [0.5, 0.6) is 0 Å². The molecule has 0 unspecified atom stereocenters. The Morgan fingerprint density at radius 3 is 1.45 bits per heavy atom. The van der Waals surface area contributed by atoms with Crippen molar-refractivity contribution < 1.29 is 0 Å². The van der Waals surface area contributed by atoms with Crippen LogP contribution in [0.3, 0.4) is 0 Å². The van der Waals surface area contributed by atoms with E-state index in [1.54, 1.807) is 0 Å². The third kappa shape index (κ3) is 6.22. The average molecular weight is 353 g/mol. The van der Waals surface area contributed by atoms with Crippen LogP contribution in [0.15, 0.2) is 48.5 Å². The Bertz CT molecular complexity index is 544. The summed E-state index contributed by atoms with van der Waals surface area (Å²) < 4.78 is 0. The van der Waals surface area contributed by atoms with Gasteiger partial charge in [0.1, 0.15) is 0 Å². The maximum absolute atomic E-state index is 5.86. The second-order valence-electron chi connectivity index (χ2n) is 4.94. The maximum atomic E-state index is 5.86. The fraction of sp³-hybridized carbons (Fsp3) is 0.235. The lowest BCUT2D eigenvalue weighted by Gasteiger charge is -2.10. The van der Waals surface area contributed by atoms with Gasteiger partial charge in [-0.25, -0.2) is 0 Å². The summed E-state index contributed by atoms with van der Waals surface area (Å²) in [5, 5.41) is 8.62. The molecule has 0 aromatic heterocycles. The number of hydrogen-bond acceptors (Lipinski definition) is 1. The molecule has 0 saturated carbocycles. The van der Waals surface area contributed by atoms with Gasteiger partial charge in [0.2, 0.25) is 0 Å². The molecule has 116 valence electrons. The molecular weight excluding hydrogens is 335 g/mol. The predicted molar refractivity (Wildman–Crippen MR) is 98.9 cm³/mol. The summed E-state index contributed by atoms with van der Waals surface area (Å²) in [6, 6.07) is 15.7. The number of thiocarbonyl (C=S) groups is 1. The highest BCUT2D eigenvalue weighted by molar-refractivity contribution is 7.80. The van der Waals surface area contributed by atoms with Crippen LogP contribution in [0, 0.1) is 0 Å². The van der Waals surface area contributed by atoms with Gasteiger partial charge in [-0.15, -0.1) is 0 Å². The van der Waals surface area contributed by atoms with Crippen molar-refractivity contribution in [2.45, 2.75) is 12.8 Å². The summed E-state index contributed by atoms with van der Waals surface area (Å²) in [6.07, 6.45) is 1.83. The van der Waals surface area contributed by atoms with Crippen molar-refractivity contribution in [1.82, 2.24) is 10.6 Å². The maximum Gasteiger partial charge on any atom is 0.166 e. The lowest BCUT2D eigenvalue weighted by molar-refractivity contribution is 0.802. The van der Waals surface area contributed by atoms with Gasteiger partial charge in [-0.3, -0.25) is 0 Å². The minimum absolute atomic E-state index is 0.683. The van der Waals surface area contributed by atoms with Gasteiger partial charge in [0, 0.05) is 23.1 Å². The molecule has 22 heavy (non-hydrogen) atoms. The second kappa shape index (κ2) is 8.99.